The number of methoxy groups -OCH3 is 1. The van der Waals surface area contributed by atoms with Crippen molar-refractivity contribution in [3.05, 3.63) is 92.5 Å². The summed E-state index contributed by atoms with van der Waals surface area (Å²) < 4.78 is 23.4. The zero-order chi connectivity index (χ0) is 28.3. The smallest absolute Gasteiger partial charge is 0.323 e. The maximum atomic E-state index is 12.0. The fourth-order valence-electron chi connectivity index (χ4n) is 6.27. The Balaban J connectivity index is 1.18. The van der Waals surface area contributed by atoms with Gasteiger partial charge in [0.2, 0.25) is 0 Å². The lowest BCUT2D eigenvalue weighted by atomic mass is 9.87. The molecule has 3 aromatic rings. The van der Waals surface area contributed by atoms with Crippen LogP contribution in [-0.2, 0) is 33.7 Å². The van der Waals surface area contributed by atoms with Crippen LogP contribution in [0.4, 0.5) is 0 Å². The third-order valence-corrected chi connectivity index (χ3v) is 9.34. The van der Waals surface area contributed by atoms with Crippen LogP contribution < -0.4 is 14.8 Å². The molecule has 0 spiro atoms. The van der Waals surface area contributed by atoms with Gasteiger partial charge >= 0.3 is 5.97 Å². The molecular formula is C33H35Cl2NO5. The number of esters is 1. The molecule has 0 bridgehead atoms. The van der Waals surface area contributed by atoms with Gasteiger partial charge in [0.05, 0.1) is 23.8 Å². The molecule has 3 aliphatic heterocycles. The minimum atomic E-state index is -0.312. The van der Waals surface area contributed by atoms with Crippen molar-refractivity contribution in [2.45, 2.75) is 56.7 Å². The van der Waals surface area contributed by atoms with Crippen molar-refractivity contribution in [2.75, 3.05) is 26.9 Å². The minimum Gasteiger partial charge on any atom is -0.493 e. The number of hydrogen-bond acceptors (Lipinski definition) is 6. The van der Waals surface area contributed by atoms with E-state index in [1.54, 1.807) is 0 Å². The van der Waals surface area contributed by atoms with Crippen LogP contribution in [0.3, 0.4) is 0 Å². The van der Waals surface area contributed by atoms with Gasteiger partial charge in [0.15, 0.2) is 0 Å². The lowest BCUT2D eigenvalue weighted by Crippen LogP contribution is -2.42. The van der Waals surface area contributed by atoms with Gasteiger partial charge in [0, 0.05) is 25.7 Å². The van der Waals surface area contributed by atoms with Gasteiger partial charge in [-0.3, -0.25) is 4.79 Å². The summed E-state index contributed by atoms with van der Waals surface area (Å²) in [6.07, 6.45) is 4.19. The molecule has 8 heteroatoms. The van der Waals surface area contributed by atoms with Crippen LogP contribution in [0.1, 0.15) is 59.1 Å². The molecule has 1 N–H and O–H groups in total. The summed E-state index contributed by atoms with van der Waals surface area (Å²) in [5.74, 6) is 2.21. The lowest BCUT2D eigenvalue weighted by Gasteiger charge is -2.31. The molecule has 0 unspecified atom stereocenters. The van der Waals surface area contributed by atoms with Crippen LogP contribution in [0.2, 0.25) is 10.0 Å². The maximum Gasteiger partial charge on any atom is 0.323 e. The van der Waals surface area contributed by atoms with Gasteiger partial charge in [-0.05, 0) is 96.2 Å². The quantitative estimate of drug-likeness (QED) is 0.315. The van der Waals surface area contributed by atoms with Crippen molar-refractivity contribution in [2.24, 2.45) is 5.92 Å². The van der Waals surface area contributed by atoms with Crippen LogP contribution in [0.25, 0.3) is 0 Å². The molecule has 0 radical (unpaired) electrons. The van der Waals surface area contributed by atoms with Gasteiger partial charge in [0.25, 0.3) is 0 Å². The largest absolute Gasteiger partial charge is 0.493 e. The average Bonchev–Trinajstić information content (AvgIpc) is 3.22. The van der Waals surface area contributed by atoms with Crippen LogP contribution in [-0.4, -0.2) is 38.9 Å². The van der Waals surface area contributed by atoms with Gasteiger partial charge in [-0.1, -0.05) is 47.5 Å². The second-order valence-electron chi connectivity index (χ2n) is 11.2. The second-order valence-corrected chi connectivity index (χ2v) is 12.0. The molecule has 6 rings (SSSR count). The highest BCUT2D eigenvalue weighted by molar-refractivity contribution is 6.42. The Morgan fingerprint density at radius 1 is 0.902 bits per heavy atom. The number of fused-ring (bicyclic) bond motifs is 2. The van der Waals surface area contributed by atoms with Crippen LogP contribution in [0.15, 0.2) is 54.6 Å². The molecule has 1 saturated heterocycles. The van der Waals surface area contributed by atoms with Crippen molar-refractivity contribution < 1.29 is 23.7 Å². The molecule has 0 saturated carbocycles. The van der Waals surface area contributed by atoms with Gasteiger partial charge in [-0.2, -0.15) is 0 Å². The summed E-state index contributed by atoms with van der Waals surface area (Å²) >= 11 is 12.6. The van der Waals surface area contributed by atoms with Crippen molar-refractivity contribution in [3.8, 4) is 11.5 Å². The molecule has 1 fully saturated rings. The zero-order valence-corrected chi connectivity index (χ0v) is 24.7. The topological polar surface area (TPSA) is 66.0 Å². The molecular weight excluding hydrogens is 561 g/mol. The average molecular weight is 597 g/mol. The fourth-order valence-corrected chi connectivity index (χ4v) is 6.58. The molecule has 3 heterocycles. The highest BCUT2D eigenvalue weighted by Crippen LogP contribution is 2.39. The molecule has 0 amide bonds. The Labute approximate surface area is 251 Å². The highest BCUT2D eigenvalue weighted by Gasteiger charge is 2.29. The number of benzene rings is 3. The van der Waals surface area contributed by atoms with Crippen molar-refractivity contribution in [1.82, 2.24) is 5.32 Å². The molecule has 41 heavy (non-hydrogen) atoms. The van der Waals surface area contributed by atoms with Crippen molar-refractivity contribution in [1.29, 1.82) is 0 Å². The first kappa shape index (κ1) is 28.4. The van der Waals surface area contributed by atoms with Gasteiger partial charge in [0.1, 0.15) is 23.6 Å². The Hall–Kier alpha value is -2.77. The Bertz CT molecular complexity index is 1390. The zero-order valence-electron chi connectivity index (χ0n) is 23.2. The van der Waals surface area contributed by atoms with Gasteiger partial charge < -0.3 is 24.3 Å². The summed E-state index contributed by atoms with van der Waals surface area (Å²) in [5, 5.41) is 4.39. The van der Waals surface area contributed by atoms with Crippen molar-refractivity contribution >= 4 is 29.2 Å². The number of carbonyl (C=O) groups is 1. The van der Waals surface area contributed by atoms with E-state index in [-0.39, 0.29) is 18.1 Å². The van der Waals surface area contributed by atoms with Crippen LogP contribution >= 0.6 is 23.2 Å². The number of carbonyl (C=O) groups excluding carboxylic acids is 1. The SMILES string of the molecule is COC(=O)[C@@H]1Cc2cc3c(cc2CN1)C[C@H](c1ccc(O[C@@H](c2ccc(Cl)c(Cl)c2)C2CCOCC2)cc1)CCO3. The van der Waals surface area contributed by atoms with Crippen LogP contribution in [0, 0.1) is 5.92 Å². The Kier molecular flexibility index (Phi) is 8.73. The Morgan fingerprint density at radius 3 is 2.46 bits per heavy atom. The highest BCUT2D eigenvalue weighted by atomic mass is 35.5. The first-order chi connectivity index (χ1) is 20.0. The summed E-state index contributed by atoms with van der Waals surface area (Å²) in [6.45, 7) is 2.77. The monoisotopic (exact) mass is 595 g/mol. The molecule has 0 aliphatic carbocycles. The second kappa shape index (κ2) is 12.6. The molecule has 3 atom stereocenters. The summed E-state index contributed by atoms with van der Waals surface area (Å²) in [6, 6.07) is 18.4. The van der Waals surface area contributed by atoms with Crippen LogP contribution in [0.5, 0.6) is 11.5 Å². The van der Waals surface area contributed by atoms with E-state index in [0.717, 1.165) is 61.5 Å². The number of hydrogen-bond donors (Lipinski definition) is 1. The first-order valence-corrected chi connectivity index (χ1v) is 15.1. The van der Waals surface area contributed by atoms with E-state index in [4.69, 9.17) is 42.1 Å². The van der Waals surface area contributed by atoms with E-state index in [2.05, 4.69) is 41.7 Å². The maximum absolute atomic E-state index is 12.0. The van der Waals surface area contributed by atoms with Gasteiger partial charge in [-0.25, -0.2) is 0 Å². The predicted molar refractivity (Wildman–Crippen MR) is 159 cm³/mol. The number of halogens is 2. The number of ether oxygens (including phenoxy) is 4. The number of rotatable bonds is 6. The molecule has 3 aromatic carbocycles. The van der Waals surface area contributed by atoms with E-state index < -0.39 is 0 Å². The summed E-state index contributed by atoms with van der Waals surface area (Å²) in [4.78, 5) is 12.0. The normalized spacial score (nSPS) is 21.5. The molecule has 0 aromatic heterocycles. The fraction of sp³-hybridized carbons (Fsp3) is 0.424. The summed E-state index contributed by atoms with van der Waals surface area (Å²) in [7, 11) is 1.43. The first-order valence-electron chi connectivity index (χ1n) is 14.4. The van der Waals surface area contributed by atoms with E-state index in [0.29, 0.717) is 41.5 Å². The van der Waals surface area contributed by atoms with E-state index in [1.807, 2.05) is 18.2 Å². The predicted octanol–water partition coefficient (Wildman–Crippen LogP) is 6.84. The summed E-state index contributed by atoms with van der Waals surface area (Å²) in [5.41, 5.74) is 5.89. The van der Waals surface area contributed by atoms with E-state index in [1.165, 1.54) is 23.8 Å². The van der Waals surface area contributed by atoms with Crippen molar-refractivity contribution in [3.63, 3.8) is 0 Å². The third-order valence-electron chi connectivity index (χ3n) is 8.60. The van der Waals surface area contributed by atoms with E-state index >= 15 is 0 Å². The molecule has 3 aliphatic rings. The lowest BCUT2D eigenvalue weighted by molar-refractivity contribution is -0.143. The van der Waals surface area contributed by atoms with E-state index in [9.17, 15) is 4.79 Å². The third kappa shape index (κ3) is 6.36. The molecule has 6 nitrogen and oxygen atoms in total. The van der Waals surface area contributed by atoms with Gasteiger partial charge in [-0.15, -0.1) is 0 Å². The Morgan fingerprint density at radius 2 is 1.71 bits per heavy atom. The minimum absolute atomic E-state index is 0.128. The number of nitrogens with one attached hydrogen (secondary N) is 1. The molecule has 216 valence electrons. The standard InChI is InChI=1S/C33H35Cl2NO5/c1-38-33(37)30-17-24-18-31-25(15-26(24)19-36-30)14-22(10-13-40-31)20-2-5-27(6-3-20)41-32(21-8-11-39-12-9-21)23-4-7-28(34)29(35)16-23/h2-7,15-16,18,21-22,30,32,36H,8-14,17,19H2,1H3/t22-,30+,32-/m1/s1.